The summed E-state index contributed by atoms with van der Waals surface area (Å²) in [6.07, 6.45) is 4.15. The number of nitrogens with zero attached hydrogens (tertiary/aromatic N) is 5. The van der Waals surface area contributed by atoms with E-state index in [1.807, 2.05) is 65.2 Å². The number of hydrogen-bond donors (Lipinski definition) is 0. The number of aryl methyl sites for hydroxylation is 2. The summed E-state index contributed by atoms with van der Waals surface area (Å²) in [6.45, 7) is 8.47. The minimum absolute atomic E-state index is 0.337. The summed E-state index contributed by atoms with van der Waals surface area (Å²) in [4.78, 5) is 14.0. The van der Waals surface area contributed by atoms with Gasteiger partial charge in [-0.3, -0.25) is 4.68 Å². The number of ether oxygens (including phenoxy) is 1. The quantitative estimate of drug-likeness (QED) is 0.376. The predicted octanol–water partition coefficient (Wildman–Crippen LogP) is 5.66. The second-order valence-corrected chi connectivity index (χ2v) is 10.1. The molecule has 0 atom stereocenters. The number of benzene rings is 2. The van der Waals surface area contributed by atoms with Gasteiger partial charge in [-0.25, -0.2) is 9.18 Å². The zero-order chi connectivity index (χ0) is 24.9. The van der Waals surface area contributed by atoms with Crippen LogP contribution < -0.4 is 0 Å². The first kappa shape index (κ1) is 23.0. The maximum absolute atomic E-state index is 15.3. The molecule has 0 radical (unpaired) electrons. The van der Waals surface area contributed by atoms with Gasteiger partial charge in [-0.05, 0) is 86.7 Å². The third-order valence-electron chi connectivity index (χ3n) is 6.09. The van der Waals surface area contributed by atoms with E-state index < -0.39 is 5.60 Å². The first-order valence-corrected chi connectivity index (χ1v) is 11.7. The first-order chi connectivity index (χ1) is 16.6. The summed E-state index contributed by atoms with van der Waals surface area (Å²) in [5.41, 5.74) is 5.16. The molecule has 0 aliphatic carbocycles. The van der Waals surface area contributed by atoms with E-state index in [2.05, 4.69) is 15.3 Å². The topological polar surface area (TPSA) is 73.1 Å². The van der Waals surface area contributed by atoms with Crippen LogP contribution in [0.25, 0.3) is 38.5 Å². The van der Waals surface area contributed by atoms with Crippen LogP contribution in [0.5, 0.6) is 0 Å². The average Bonchev–Trinajstić information content (AvgIpc) is 3.18. The Morgan fingerprint density at radius 2 is 1.86 bits per heavy atom. The molecule has 1 amide bonds. The van der Waals surface area contributed by atoms with Gasteiger partial charge in [-0.2, -0.15) is 10.2 Å². The molecule has 0 N–H and O–H groups in total. The van der Waals surface area contributed by atoms with Crippen LogP contribution in [-0.4, -0.2) is 49.7 Å². The number of hydrogen-bond acceptors (Lipinski definition) is 5. The van der Waals surface area contributed by atoms with Crippen LogP contribution in [0.3, 0.4) is 0 Å². The van der Waals surface area contributed by atoms with Crippen molar-refractivity contribution in [2.45, 2.75) is 39.7 Å². The molecular weight excluding hydrogens is 445 g/mol. The highest BCUT2D eigenvalue weighted by molar-refractivity contribution is 5.91. The lowest BCUT2D eigenvalue weighted by atomic mass is 9.98. The molecule has 180 valence electrons. The van der Waals surface area contributed by atoms with E-state index in [-0.39, 0.29) is 11.9 Å². The van der Waals surface area contributed by atoms with E-state index >= 15 is 4.39 Å². The Balaban J connectivity index is 1.43. The van der Waals surface area contributed by atoms with Gasteiger partial charge >= 0.3 is 6.09 Å². The van der Waals surface area contributed by atoms with Gasteiger partial charge in [0.05, 0.1) is 16.7 Å². The standard InChI is InChI=1S/C27H28FN5O2/c1-16-10-18(11-20-15-32(5)31-25(16)20)19-12-22(28)21-14-23(29-30-24(21)13-19)17-6-8-33(9-7-17)26(34)35-27(2,3)4/h6,10-15H,7-9H2,1-5H3. The molecule has 7 nitrogen and oxygen atoms in total. The minimum Gasteiger partial charge on any atom is -0.444 e. The van der Waals surface area contributed by atoms with Crippen LogP contribution in [0.2, 0.25) is 0 Å². The number of halogens is 1. The van der Waals surface area contributed by atoms with Gasteiger partial charge in [-0.1, -0.05) is 6.08 Å². The van der Waals surface area contributed by atoms with Crippen molar-refractivity contribution in [2.24, 2.45) is 7.05 Å². The highest BCUT2D eigenvalue weighted by Gasteiger charge is 2.24. The van der Waals surface area contributed by atoms with Crippen LogP contribution in [0.15, 0.2) is 42.6 Å². The van der Waals surface area contributed by atoms with Crippen molar-refractivity contribution < 1.29 is 13.9 Å². The maximum Gasteiger partial charge on any atom is 0.410 e. The summed E-state index contributed by atoms with van der Waals surface area (Å²) in [6, 6.07) is 9.18. The van der Waals surface area contributed by atoms with Gasteiger partial charge in [0.2, 0.25) is 0 Å². The molecule has 4 aromatic rings. The third-order valence-corrected chi connectivity index (χ3v) is 6.09. The van der Waals surface area contributed by atoms with E-state index in [4.69, 9.17) is 4.74 Å². The Hall–Kier alpha value is -3.81. The monoisotopic (exact) mass is 473 g/mol. The van der Waals surface area contributed by atoms with Crippen molar-refractivity contribution in [3.8, 4) is 11.1 Å². The summed E-state index contributed by atoms with van der Waals surface area (Å²) in [5.74, 6) is -0.343. The molecular formula is C27H28FN5O2. The zero-order valence-electron chi connectivity index (χ0n) is 20.6. The van der Waals surface area contributed by atoms with Crippen molar-refractivity contribution in [3.05, 3.63) is 59.7 Å². The van der Waals surface area contributed by atoms with Crippen molar-refractivity contribution in [2.75, 3.05) is 13.1 Å². The fourth-order valence-electron chi connectivity index (χ4n) is 4.42. The number of carbonyl (C=O) groups is 1. The lowest BCUT2D eigenvalue weighted by Crippen LogP contribution is -2.39. The van der Waals surface area contributed by atoms with Crippen LogP contribution >= 0.6 is 0 Å². The number of aromatic nitrogens is 4. The molecule has 0 spiro atoms. The molecule has 5 rings (SSSR count). The number of carbonyl (C=O) groups excluding carboxylic acids is 1. The van der Waals surface area contributed by atoms with E-state index in [0.717, 1.165) is 33.2 Å². The molecule has 3 heterocycles. The average molecular weight is 474 g/mol. The van der Waals surface area contributed by atoms with Crippen molar-refractivity contribution in [1.82, 2.24) is 24.9 Å². The SMILES string of the molecule is Cc1cc(-c2cc(F)c3cc(C4=CCN(C(=O)OC(C)(C)C)CC4)nnc3c2)cc2cn(C)nc12. The van der Waals surface area contributed by atoms with Gasteiger partial charge in [0, 0.05) is 37.1 Å². The summed E-state index contributed by atoms with van der Waals surface area (Å²) in [5, 5.41) is 14.6. The Morgan fingerprint density at radius 1 is 1.09 bits per heavy atom. The van der Waals surface area contributed by atoms with Gasteiger partial charge < -0.3 is 9.64 Å². The minimum atomic E-state index is -0.538. The van der Waals surface area contributed by atoms with Crippen LogP contribution in [0.1, 0.15) is 38.4 Å². The van der Waals surface area contributed by atoms with Crippen LogP contribution in [0.4, 0.5) is 9.18 Å². The van der Waals surface area contributed by atoms with Gasteiger partial charge in [0.25, 0.3) is 0 Å². The molecule has 0 unspecified atom stereocenters. The molecule has 8 heteroatoms. The molecule has 0 saturated heterocycles. The molecule has 0 saturated carbocycles. The molecule has 35 heavy (non-hydrogen) atoms. The molecule has 1 aliphatic heterocycles. The van der Waals surface area contributed by atoms with Crippen LogP contribution in [-0.2, 0) is 11.8 Å². The first-order valence-electron chi connectivity index (χ1n) is 11.7. The van der Waals surface area contributed by atoms with Gasteiger partial charge in [0.15, 0.2) is 0 Å². The number of rotatable bonds is 2. The molecule has 2 aromatic heterocycles. The van der Waals surface area contributed by atoms with Gasteiger partial charge in [-0.15, -0.1) is 5.10 Å². The summed E-state index contributed by atoms with van der Waals surface area (Å²) >= 11 is 0. The number of fused-ring (bicyclic) bond motifs is 2. The lowest BCUT2D eigenvalue weighted by molar-refractivity contribution is 0.0270. The fourth-order valence-corrected chi connectivity index (χ4v) is 4.42. The molecule has 0 fully saturated rings. The number of amides is 1. The Kier molecular flexibility index (Phi) is 5.54. The Bertz CT molecular complexity index is 1500. The van der Waals surface area contributed by atoms with E-state index in [1.165, 1.54) is 0 Å². The third kappa shape index (κ3) is 4.60. The highest BCUT2D eigenvalue weighted by Crippen LogP contribution is 2.31. The highest BCUT2D eigenvalue weighted by atomic mass is 19.1. The Morgan fingerprint density at radius 3 is 2.57 bits per heavy atom. The molecule has 0 bridgehead atoms. The van der Waals surface area contributed by atoms with E-state index in [9.17, 15) is 4.79 Å². The lowest BCUT2D eigenvalue weighted by Gasteiger charge is -2.29. The second-order valence-electron chi connectivity index (χ2n) is 10.1. The second kappa shape index (κ2) is 8.45. The Labute approximate surface area is 203 Å². The fraction of sp³-hybridized carbons (Fsp3) is 0.333. The van der Waals surface area contributed by atoms with Crippen molar-refractivity contribution >= 4 is 33.5 Å². The van der Waals surface area contributed by atoms with E-state index in [0.29, 0.717) is 36.1 Å². The maximum atomic E-state index is 15.3. The van der Waals surface area contributed by atoms with E-state index in [1.54, 1.807) is 21.7 Å². The van der Waals surface area contributed by atoms with Crippen LogP contribution in [0, 0.1) is 12.7 Å². The summed E-state index contributed by atoms with van der Waals surface area (Å²) < 4.78 is 22.5. The van der Waals surface area contributed by atoms with Crippen molar-refractivity contribution in [1.29, 1.82) is 0 Å². The predicted molar refractivity (Wildman–Crippen MR) is 134 cm³/mol. The molecule has 1 aliphatic rings. The smallest absolute Gasteiger partial charge is 0.410 e. The normalized spacial score (nSPS) is 14.5. The largest absolute Gasteiger partial charge is 0.444 e. The van der Waals surface area contributed by atoms with Gasteiger partial charge in [0.1, 0.15) is 11.4 Å². The molecule has 2 aromatic carbocycles. The zero-order valence-corrected chi connectivity index (χ0v) is 20.6. The van der Waals surface area contributed by atoms with Crippen molar-refractivity contribution in [3.63, 3.8) is 0 Å². The summed E-state index contributed by atoms with van der Waals surface area (Å²) in [7, 11) is 1.89.